The monoisotopic (exact) mass is 367 g/mol. The molecular weight excluding hydrogens is 338 g/mol. The summed E-state index contributed by atoms with van der Waals surface area (Å²) in [6.07, 6.45) is 6.43. The van der Waals surface area contributed by atoms with Crippen molar-refractivity contribution in [2.45, 2.75) is 32.2 Å². The van der Waals surface area contributed by atoms with E-state index in [-0.39, 0.29) is 0 Å². The molecule has 0 aliphatic carbocycles. The van der Waals surface area contributed by atoms with Crippen LogP contribution in [0.15, 0.2) is 48.7 Å². The summed E-state index contributed by atoms with van der Waals surface area (Å²) in [4.78, 5) is 17.8. The van der Waals surface area contributed by atoms with Crippen molar-refractivity contribution in [2.75, 3.05) is 26.2 Å². The predicted octanol–water partition coefficient (Wildman–Crippen LogP) is 3.21. The molecule has 1 aromatic carbocycles. The summed E-state index contributed by atoms with van der Waals surface area (Å²) in [6.45, 7) is 5.04. The van der Waals surface area contributed by atoms with Crippen molar-refractivity contribution in [1.82, 2.24) is 15.2 Å². The molecule has 0 bridgehead atoms. The van der Waals surface area contributed by atoms with Gasteiger partial charge in [0, 0.05) is 12.7 Å². The van der Waals surface area contributed by atoms with Gasteiger partial charge in [-0.15, -0.1) is 0 Å². The van der Waals surface area contributed by atoms with Gasteiger partial charge >= 0.3 is 5.97 Å². The van der Waals surface area contributed by atoms with Crippen LogP contribution in [0.4, 0.5) is 0 Å². The lowest BCUT2D eigenvalue weighted by Gasteiger charge is -2.32. The van der Waals surface area contributed by atoms with Gasteiger partial charge in [0.25, 0.3) is 0 Å². The maximum Gasteiger partial charge on any atom is 0.335 e. The first-order valence-corrected chi connectivity index (χ1v) is 9.86. The van der Waals surface area contributed by atoms with Gasteiger partial charge in [-0.05, 0) is 75.5 Å². The zero-order valence-corrected chi connectivity index (χ0v) is 15.8. The molecule has 0 unspecified atom stereocenters. The summed E-state index contributed by atoms with van der Waals surface area (Å²) in [5, 5.41) is 12.4. The summed E-state index contributed by atoms with van der Waals surface area (Å²) in [5.41, 5.74) is 2.53. The molecule has 2 N–H and O–H groups in total. The number of benzene rings is 1. The number of nitrogens with zero attached hydrogens (tertiary/aromatic N) is 2. The summed E-state index contributed by atoms with van der Waals surface area (Å²) >= 11 is 0. The fourth-order valence-electron chi connectivity index (χ4n) is 3.71. The Hall–Kier alpha value is -2.24. The fourth-order valence-corrected chi connectivity index (χ4v) is 3.71. The van der Waals surface area contributed by atoms with Crippen LogP contribution < -0.4 is 5.32 Å². The third kappa shape index (κ3) is 6.45. The van der Waals surface area contributed by atoms with E-state index in [9.17, 15) is 4.79 Å². The lowest BCUT2D eigenvalue weighted by atomic mass is 9.90. The minimum Gasteiger partial charge on any atom is -0.478 e. The van der Waals surface area contributed by atoms with E-state index in [0.29, 0.717) is 12.1 Å². The summed E-state index contributed by atoms with van der Waals surface area (Å²) in [6, 6.07) is 14.0. The molecule has 2 aromatic rings. The quantitative estimate of drug-likeness (QED) is 0.666. The molecule has 1 aliphatic rings. The van der Waals surface area contributed by atoms with Crippen LogP contribution in [0.25, 0.3) is 0 Å². The van der Waals surface area contributed by atoms with Crippen LogP contribution in [-0.4, -0.2) is 47.1 Å². The van der Waals surface area contributed by atoms with Crippen molar-refractivity contribution in [2.24, 2.45) is 5.92 Å². The van der Waals surface area contributed by atoms with E-state index in [1.54, 1.807) is 12.3 Å². The van der Waals surface area contributed by atoms with Crippen molar-refractivity contribution in [1.29, 1.82) is 0 Å². The van der Waals surface area contributed by atoms with Crippen LogP contribution in [0.1, 0.15) is 40.9 Å². The lowest BCUT2D eigenvalue weighted by molar-refractivity contribution is 0.0696. The summed E-state index contributed by atoms with van der Waals surface area (Å²) in [7, 11) is 0. The normalized spacial score (nSPS) is 15.7. The first kappa shape index (κ1) is 19.5. The molecule has 27 heavy (non-hydrogen) atoms. The Morgan fingerprint density at radius 1 is 1.19 bits per heavy atom. The van der Waals surface area contributed by atoms with E-state index < -0.39 is 5.97 Å². The minimum absolute atomic E-state index is 0.292. The van der Waals surface area contributed by atoms with Gasteiger partial charge in [-0.1, -0.05) is 30.3 Å². The highest BCUT2D eigenvalue weighted by molar-refractivity contribution is 5.87. The molecule has 144 valence electrons. The Labute approximate surface area is 161 Å². The summed E-state index contributed by atoms with van der Waals surface area (Å²) in [5.74, 6) is -0.0938. The molecule has 3 rings (SSSR count). The SMILES string of the molecule is O=C(O)c1ccnc(CNCCCN2CCC(Cc3ccccc3)CC2)c1. The number of carbonyl (C=O) groups is 1. The van der Waals surface area contributed by atoms with E-state index in [1.165, 1.54) is 44.0 Å². The van der Waals surface area contributed by atoms with E-state index in [2.05, 4.69) is 45.5 Å². The highest BCUT2D eigenvalue weighted by atomic mass is 16.4. The average molecular weight is 367 g/mol. The number of aromatic carboxylic acids is 1. The van der Waals surface area contributed by atoms with Crippen LogP contribution in [0.3, 0.4) is 0 Å². The first-order valence-electron chi connectivity index (χ1n) is 9.86. The maximum atomic E-state index is 11.0. The average Bonchev–Trinajstić information content (AvgIpc) is 2.70. The number of carboxylic acid groups (broad SMARTS) is 1. The number of rotatable bonds is 9. The molecule has 5 nitrogen and oxygen atoms in total. The van der Waals surface area contributed by atoms with E-state index in [1.807, 2.05) is 0 Å². The van der Waals surface area contributed by atoms with Crippen LogP contribution in [-0.2, 0) is 13.0 Å². The number of nitrogens with one attached hydrogen (secondary N) is 1. The van der Waals surface area contributed by atoms with Crippen LogP contribution >= 0.6 is 0 Å². The second kappa shape index (κ2) is 10.2. The minimum atomic E-state index is -0.908. The van der Waals surface area contributed by atoms with Crippen molar-refractivity contribution in [3.63, 3.8) is 0 Å². The molecule has 0 amide bonds. The first-order chi connectivity index (χ1) is 13.2. The number of pyridine rings is 1. The Balaban J connectivity index is 1.28. The zero-order valence-electron chi connectivity index (χ0n) is 15.8. The highest BCUT2D eigenvalue weighted by Crippen LogP contribution is 2.21. The Kier molecular flexibility index (Phi) is 7.36. The Bertz CT molecular complexity index is 713. The zero-order chi connectivity index (χ0) is 18.9. The molecule has 0 spiro atoms. The Morgan fingerprint density at radius 2 is 1.96 bits per heavy atom. The predicted molar refractivity (Wildman–Crippen MR) is 107 cm³/mol. The van der Waals surface area contributed by atoms with Gasteiger partial charge in [0.1, 0.15) is 0 Å². The summed E-state index contributed by atoms with van der Waals surface area (Å²) < 4.78 is 0. The van der Waals surface area contributed by atoms with Gasteiger partial charge in [-0.2, -0.15) is 0 Å². The molecule has 1 aromatic heterocycles. The molecule has 1 saturated heterocycles. The maximum absolute atomic E-state index is 11.0. The van der Waals surface area contributed by atoms with Gasteiger partial charge in [0.05, 0.1) is 11.3 Å². The molecule has 1 aliphatic heterocycles. The number of hydrogen-bond acceptors (Lipinski definition) is 4. The van der Waals surface area contributed by atoms with Gasteiger partial charge in [0.2, 0.25) is 0 Å². The van der Waals surface area contributed by atoms with Gasteiger partial charge < -0.3 is 15.3 Å². The molecule has 0 radical (unpaired) electrons. The van der Waals surface area contributed by atoms with Gasteiger partial charge in [-0.3, -0.25) is 4.98 Å². The van der Waals surface area contributed by atoms with Gasteiger partial charge in [0.15, 0.2) is 0 Å². The van der Waals surface area contributed by atoms with Crippen molar-refractivity contribution in [3.8, 4) is 0 Å². The number of hydrogen-bond donors (Lipinski definition) is 2. The highest BCUT2D eigenvalue weighted by Gasteiger charge is 2.18. The van der Waals surface area contributed by atoms with Crippen LogP contribution in [0, 0.1) is 5.92 Å². The van der Waals surface area contributed by atoms with Crippen LogP contribution in [0.5, 0.6) is 0 Å². The topological polar surface area (TPSA) is 65.5 Å². The van der Waals surface area contributed by atoms with Crippen molar-refractivity contribution in [3.05, 3.63) is 65.5 Å². The molecule has 0 atom stereocenters. The number of carboxylic acids is 1. The second-order valence-electron chi connectivity index (χ2n) is 7.35. The fraction of sp³-hybridized carbons (Fsp3) is 0.455. The molecular formula is C22H29N3O2. The number of piperidine rings is 1. The van der Waals surface area contributed by atoms with E-state index in [4.69, 9.17) is 5.11 Å². The third-order valence-corrected chi connectivity index (χ3v) is 5.27. The largest absolute Gasteiger partial charge is 0.478 e. The van der Waals surface area contributed by atoms with E-state index >= 15 is 0 Å². The molecule has 5 heteroatoms. The molecule has 1 fully saturated rings. The van der Waals surface area contributed by atoms with Crippen molar-refractivity contribution < 1.29 is 9.90 Å². The standard InChI is InChI=1S/C22H29N3O2/c26-22(27)20-7-11-24-21(16-20)17-23-10-4-12-25-13-8-19(9-14-25)15-18-5-2-1-3-6-18/h1-3,5-7,11,16,19,23H,4,8-10,12-15,17H2,(H,26,27). The Morgan fingerprint density at radius 3 is 2.70 bits per heavy atom. The molecule has 2 heterocycles. The second-order valence-corrected chi connectivity index (χ2v) is 7.35. The van der Waals surface area contributed by atoms with E-state index in [0.717, 1.165) is 31.1 Å². The third-order valence-electron chi connectivity index (χ3n) is 5.27. The number of likely N-dealkylation sites (tertiary alicyclic amines) is 1. The van der Waals surface area contributed by atoms with Crippen molar-refractivity contribution >= 4 is 5.97 Å². The van der Waals surface area contributed by atoms with Crippen LogP contribution in [0.2, 0.25) is 0 Å². The van der Waals surface area contributed by atoms with Gasteiger partial charge in [-0.25, -0.2) is 4.79 Å². The lowest BCUT2D eigenvalue weighted by Crippen LogP contribution is -2.36. The molecule has 0 saturated carbocycles. The number of aromatic nitrogens is 1. The smallest absolute Gasteiger partial charge is 0.335 e.